The smallest absolute Gasteiger partial charge is 0.294 e. The van der Waals surface area contributed by atoms with Crippen LogP contribution in [0.2, 0.25) is 5.28 Å². The SMILES string of the molecule is CCCCO.CCc1cc(N)c(OC)cc1N1CCC(N2CCN(C)CC2)CC1.CCc1cc(Nc2ncc(Br)c(Nc3ccc(-c4cnn(C)n4)c(F)c3P(C)(C)=O)n2)c(OC)cc1N1CCC(N2CCN(C)CC2)CC1.Cc1ccc(S(=O)(=O)O)cc1.Cn1ncc(-c2ccc(Nc3nc(Cl)ncc3Br)c(P(C)(C)=O)c2F)n1. The van der Waals surface area contributed by atoms with Gasteiger partial charge in [-0.1, -0.05) is 44.9 Å². The molecule has 0 saturated carbocycles. The third-order valence-corrected chi connectivity index (χ3v) is 25.7. The predicted octanol–water partition coefficient (Wildman–Crippen LogP) is 13.6. The number of methoxy groups -OCH3 is 2. The maximum Gasteiger partial charge on any atom is 0.294 e. The molecular weight excluding hydrogens is 1680 g/mol. The average Bonchev–Trinajstić information content (AvgIpc) is 1.60. The van der Waals surface area contributed by atoms with E-state index in [0.717, 1.165) is 120 Å². The number of aryl methyl sites for hydroxylation is 5. The van der Waals surface area contributed by atoms with Gasteiger partial charge in [0.15, 0.2) is 0 Å². The van der Waals surface area contributed by atoms with Gasteiger partial charge < -0.3 is 65.0 Å². The van der Waals surface area contributed by atoms with Crippen molar-refractivity contribution in [1.29, 1.82) is 0 Å². The van der Waals surface area contributed by atoms with Crippen molar-refractivity contribution in [2.75, 3.05) is 172 Å². The van der Waals surface area contributed by atoms with Crippen molar-refractivity contribution >= 4 is 130 Å². The summed E-state index contributed by atoms with van der Waals surface area (Å²) in [5, 5.41) is 34.1. The molecule has 0 spiro atoms. The van der Waals surface area contributed by atoms with Gasteiger partial charge in [0.05, 0.1) is 73.8 Å². The molecule has 0 aliphatic carbocycles. The summed E-state index contributed by atoms with van der Waals surface area (Å²) in [5.41, 5.74) is 15.4. The van der Waals surface area contributed by atoms with Gasteiger partial charge in [0.25, 0.3) is 10.1 Å². The summed E-state index contributed by atoms with van der Waals surface area (Å²) in [6, 6.07) is 22.3. The lowest BCUT2D eigenvalue weighted by molar-refractivity contribution is 0.0982. The maximum absolute atomic E-state index is 16.0. The van der Waals surface area contributed by atoms with Gasteiger partial charge in [-0.15, -0.1) is 0 Å². The van der Waals surface area contributed by atoms with Crippen LogP contribution in [-0.4, -0.2) is 240 Å². The molecule has 0 bridgehead atoms. The molecule has 0 unspecified atom stereocenters. The first-order valence-electron chi connectivity index (χ1n) is 38.3. The number of piperazine rings is 2. The number of likely N-dealkylation sites (N-methyl/N-ethyl adjacent to an activating group) is 2. The van der Waals surface area contributed by atoms with E-state index >= 15 is 8.78 Å². The standard InChI is InChI=1S/C34H45BrFN10O2P.C19H32N4O.C15H14BrClFN6OP.C7H8O3S.C4H10O/c1-7-22-18-27(30(48-4)19-29(22)46-12-10-23(11-13-46)45-16-14-43(2)15-17-45)40-34-37-20-25(35)33(41-34)39-26-9-8-24(28-21-38-44(3)42-28)31(36)32(26)49(5,6)47;1-4-15-13-17(20)19(24-3)14-18(15)23-7-5-16(6-8-23)22-11-9-21(2)10-12-22;1-24-20-7-11(23-24)8-4-5-10(13(12(8)18)26(2,3)25)21-14-9(16)6-19-15(17)22-14;1-6-2-4-7(5-3-6)11(8,9)10;1-2-3-4-5/h8-9,18-21,23H,7,10-17H2,1-6H3,(H2,37,39,40,41);13-14,16H,4-12,20H2,1-3H3;4-7H,1-3H3,(H,19,21,22);2-5H,1H3,(H,8,9,10);5H,2-4H2,1H3. The molecule has 13 rings (SSSR count). The third-order valence-electron chi connectivity index (χ3n) is 20.4. The Balaban J connectivity index is 0.000000192. The van der Waals surface area contributed by atoms with E-state index < -0.39 is 36.0 Å². The number of nitrogens with zero attached hydrogens (tertiary/aromatic N) is 16. The van der Waals surface area contributed by atoms with Crippen LogP contribution in [0, 0.1) is 18.6 Å². The van der Waals surface area contributed by atoms with E-state index in [1.165, 1.54) is 128 Å². The molecule has 0 radical (unpaired) electrons. The van der Waals surface area contributed by atoms with Crippen LogP contribution in [0.3, 0.4) is 0 Å². The lowest BCUT2D eigenvalue weighted by atomic mass is 9.99. The number of benzene rings is 5. The second-order valence-electron chi connectivity index (χ2n) is 29.5. The molecule has 36 heteroatoms. The van der Waals surface area contributed by atoms with Gasteiger partial charge in [0, 0.05) is 158 Å². The lowest BCUT2D eigenvalue weighted by Gasteiger charge is -2.43. The topological polar surface area (TPSA) is 322 Å². The number of piperidine rings is 2. The van der Waals surface area contributed by atoms with Crippen molar-refractivity contribution in [3.05, 3.63) is 140 Å². The van der Waals surface area contributed by atoms with Gasteiger partial charge in [0.2, 0.25) is 11.2 Å². The highest BCUT2D eigenvalue weighted by atomic mass is 79.9. The van der Waals surface area contributed by atoms with Crippen molar-refractivity contribution in [2.24, 2.45) is 14.1 Å². The van der Waals surface area contributed by atoms with E-state index in [-0.39, 0.29) is 31.9 Å². The number of unbranched alkanes of at least 4 members (excludes halogenated alkanes) is 1. The summed E-state index contributed by atoms with van der Waals surface area (Å²) in [6.07, 6.45) is 14.7. The molecule has 0 atom stereocenters. The molecule has 4 fully saturated rings. The molecule has 4 aliphatic heterocycles. The van der Waals surface area contributed by atoms with Gasteiger partial charge >= 0.3 is 0 Å². The number of aromatic nitrogens is 10. The molecule has 7 N–H and O–H groups in total. The Bertz CT molecular complexity index is 4960. The largest absolute Gasteiger partial charge is 0.495 e. The number of ether oxygens (including phenoxy) is 2. The number of nitrogens with one attached hydrogen (secondary N) is 3. The van der Waals surface area contributed by atoms with Crippen LogP contribution < -0.4 is 51.6 Å². The zero-order chi connectivity index (χ0) is 83.6. The molecule has 4 aromatic heterocycles. The maximum atomic E-state index is 16.0. The van der Waals surface area contributed by atoms with Gasteiger partial charge in [-0.25, -0.2) is 18.7 Å². The lowest BCUT2D eigenvalue weighted by Crippen LogP contribution is -2.52. The number of aliphatic hydroxyl groups excluding tert-OH is 1. The van der Waals surface area contributed by atoms with Crippen molar-refractivity contribution in [2.45, 2.75) is 96.0 Å². The van der Waals surface area contributed by atoms with E-state index in [0.29, 0.717) is 67.7 Å². The van der Waals surface area contributed by atoms with Gasteiger partial charge in [0.1, 0.15) is 60.4 Å². The Morgan fingerprint density at radius 3 is 1.42 bits per heavy atom. The van der Waals surface area contributed by atoms with Gasteiger partial charge in [-0.3, -0.25) is 14.4 Å². The molecule has 28 nitrogen and oxygen atoms in total. The molecular formula is C79H109Br2ClF2N20O8P2S. The fourth-order valence-corrected chi connectivity index (χ4v) is 17.9. The number of halogens is 5. The van der Waals surface area contributed by atoms with Gasteiger partial charge in [-0.05, 0) is 196 Å². The quantitative estimate of drug-likeness (QED) is 0.0168. The molecule has 624 valence electrons. The van der Waals surface area contributed by atoms with E-state index in [1.807, 2.05) is 6.92 Å². The molecule has 0 amide bonds. The monoisotopic (exact) mass is 1790 g/mol. The summed E-state index contributed by atoms with van der Waals surface area (Å²) in [7, 11) is 0.990. The molecule has 8 heterocycles. The molecule has 5 aromatic carbocycles. The first kappa shape index (κ1) is 91.1. The van der Waals surface area contributed by atoms with Crippen LogP contribution in [0.4, 0.5) is 60.5 Å². The number of anilines is 9. The Morgan fingerprint density at radius 1 is 0.591 bits per heavy atom. The van der Waals surface area contributed by atoms with Crippen molar-refractivity contribution < 1.29 is 45.5 Å². The Hall–Kier alpha value is -7.78. The van der Waals surface area contributed by atoms with Crippen molar-refractivity contribution in [1.82, 2.24) is 69.5 Å². The predicted molar refractivity (Wildman–Crippen MR) is 466 cm³/mol. The molecule has 4 saturated heterocycles. The minimum Gasteiger partial charge on any atom is -0.495 e. The van der Waals surface area contributed by atoms with E-state index in [4.69, 9.17) is 41.5 Å². The number of rotatable bonds is 21. The van der Waals surface area contributed by atoms with Crippen molar-refractivity contribution in [3.8, 4) is 34.0 Å². The average molecular weight is 1790 g/mol. The summed E-state index contributed by atoms with van der Waals surface area (Å²) in [4.78, 5) is 34.9. The normalized spacial score (nSPS) is 15.6. The van der Waals surface area contributed by atoms with Crippen LogP contribution in [0.5, 0.6) is 11.5 Å². The second kappa shape index (κ2) is 41.6. The van der Waals surface area contributed by atoms with Crippen LogP contribution in [-0.2, 0) is 46.2 Å². The van der Waals surface area contributed by atoms with E-state index in [2.05, 4.69) is 172 Å². The Morgan fingerprint density at radius 2 is 1.03 bits per heavy atom. The fourth-order valence-electron chi connectivity index (χ4n) is 14.1. The summed E-state index contributed by atoms with van der Waals surface area (Å²) < 4.78 is 99.4. The minimum atomic E-state index is -4.02. The summed E-state index contributed by atoms with van der Waals surface area (Å²) >= 11 is 12.7. The molecule has 4 aliphatic rings. The third kappa shape index (κ3) is 24.7. The Labute approximate surface area is 696 Å². The van der Waals surface area contributed by atoms with Crippen LogP contribution in [0.25, 0.3) is 22.5 Å². The highest BCUT2D eigenvalue weighted by Gasteiger charge is 2.33. The molecule has 9 aromatic rings. The van der Waals surface area contributed by atoms with Crippen LogP contribution >= 0.6 is 57.7 Å². The van der Waals surface area contributed by atoms with Crippen molar-refractivity contribution in [3.63, 3.8) is 0 Å². The number of nitrogens with two attached hydrogens (primary N) is 1. The fraction of sp³-hybridized carbons (Fsp3) is 0.468. The van der Waals surface area contributed by atoms with Crippen LogP contribution in [0.1, 0.15) is 76.0 Å². The second-order valence-corrected chi connectivity index (χ2v) is 39.2. The number of hydrogen-bond donors (Lipinski definition) is 6. The Kier molecular flexibility index (Phi) is 32.9. The van der Waals surface area contributed by atoms with Gasteiger partial charge in [-0.2, -0.15) is 48.4 Å². The van der Waals surface area contributed by atoms with E-state index in [1.54, 1.807) is 70.9 Å². The highest BCUT2D eigenvalue weighted by Crippen LogP contribution is 2.45. The van der Waals surface area contributed by atoms with E-state index in [9.17, 15) is 17.5 Å². The number of aliphatic hydroxyl groups is 1. The minimum absolute atomic E-state index is 0.0325. The zero-order valence-electron chi connectivity index (χ0n) is 68.0. The first-order chi connectivity index (χ1) is 54.6. The summed E-state index contributed by atoms with van der Waals surface area (Å²) in [5.74, 6) is 1.31. The highest BCUT2D eigenvalue weighted by molar-refractivity contribution is 9.11. The number of hydrogen-bond acceptors (Lipinski definition) is 25. The first-order valence-corrected chi connectivity index (χ1v) is 46.9. The van der Waals surface area contributed by atoms with Crippen LogP contribution in [0.15, 0.2) is 111 Å². The molecule has 115 heavy (non-hydrogen) atoms. The zero-order valence-corrected chi connectivity index (χ0v) is 74.5. The summed E-state index contributed by atoms with van der Waals surface area (Å²) in [6.45, 7) is 28.4. The number of nitrogen functional groups attached to an aromatic ring is 1.